The second-order valence-electron chi connectivity index (χ2n) is 7.37. The minimum Gasteiger partial charge on any atom is -0.328 e. The molecule has 2 aromatic rings. The summed E-state index contributed by atoms with van der Waals surface area (Å²) in [6.45, 7) is 3.05. The summed E-state index contributed by atoms with van der Waals surface area (Å²) in [5, 5.41) is 83.6. The summed E-state index contributed by atoms with van der Waals surface area (Å²) < 4.78 is 57.8. The highest BCUT2D eigenvalue weighted by molar-refractivity contribution is 7.94. The first kappa shape index (κ1) is 77.8. The highest BCUT2D eigenvalue weighted by Crippen LogP contribution is 2.10. The number of nitrogens with zero attached hydrogens (tertiary/aromatic N) is 6. The third-order valence-electron chi connectivity index (χ3n) is 2.16. The Morgan fingerprint density at radius 3 is 1.05 bits per heavy atom. The minimum atomic E-state index is -4.00. The molecule has 0 saturated carbocycles. The molecule has 58 heavy (non-hydrogen) atoms. The number of nitrogens with one attached hydrogen (secondary N) is 1. The van der Waals surface area contributed by atoms with Gasteiger partial charge in [0.25, 0.3) is 10.8 Å². The van der Waals surface area contributed by atoms with Gasteiger partial charge in [-0.15, -0.1) is 23.8 Å². The van der Waals surface area contributed by atoms with Crippen LogP contribution in [0, 0.1) is 64.3 Å². The third kappa shape index (κ3) is 261. The van der Waals surface area contributed by atoms with E-state index in [1.165, 1.54) is 33.0 Å². The Morgan fingerprint density at radius 1 is 0.759 bits per heavy atom. The number of nitriles is 3. The van der Waals surface area contributed by atoms with E-state index >= 15 is 0 Å². The third-order valence-corrected chi connectivity index (χ3v) is 2.55. The molecule has 0 amide bonds. The fourth-order valence-electron chi connectivity index (χ4n) is 1.12. The van der Waals surface area contributed by atoms with Crippen LogP contribution >= 0.6 is 24.1 Å². The molecule has 2 rings (SSSR count). The van der Waals surface area contributed by atoms with E-state index in [9.17, 15) is 31.7 Å². The summed E-state index contributed by atoms with van der Waals surface area (Å²) in [5.41, 5.74) is 2.84. The van der Waals surface area contributed by atoms with Crippen molar-refractivity contribution in [3.05, 3.63) is 96.6 Å². The van der Waals surface area contributed by atoms with E-state index in [1.807, 2.05) is 29.7 Å². The van der Waals surface area contributed by atoms with Gasteiger partial charge in [-0.25, -0.2) is 15.8 Å². The first-order chi connectivity index (χ1) is 26.7. The number of para-hydroxylation sites is 1. The van der Waals surface area contributed by atoms with E-state index in [0.29, 0.717) is 5.56 Å². The number of non-ortho nitro benzene ring substituents is 1. The Hall–Kier alpha value is -4.66. The Balaban J connectivity index is -0.0000000552. The molecule has 0 saturated heterocycles. The molecule has 0 aliphatic heterocycles. The molecule has 0 atom stereocenters. The maximum atomic E-state index is 10.4. The average Bonchev–Trinajstić information content (AvgIpc) is 3.10. The standard InChI is InChI=1S/C7H5N.C6H5NO2.C2H3F3.2C2H3N.2C2H6OS.CH5NO2.CH3NO2.2CH4O3S.HNO3/c8-6-7-4-2-1-3-5-7;8-7(9)6-4-2-1-3-5-6;1-2(3,4)5;2*1-2-3;2*1-4(2)3;1-2-4-3;1-2(3)4;2*1-5-4-3-2;2-1(3)4/h1-5H;1-5H;1H3;2*1H3;2*1-2H3;2-3H,1H3;1H3;2*2H,1H3;(H,2,3,4). The van der Waals surface area contributed by atoms with Crippen LogP contribution in [0.3, 0.4) is 0 Å². The SMILES string of the molecule is CC#N.CC#N.CC(F)(F)F.CNOO.CS(C)=O.CS(C)=O.CSOOO.CSOOO.C[N+](=O)[O-].N#Cc1ccccc1.O=[N+]([O-])O.O=[N+]([O-])c1ccccc1. The van der Waals surface area contributed by atoms with Gasteiger partial charge in [-0.2, -0.15) is 34.4 Å². The summed E-state index contributed by atoms with van der Waals surface area (Å²) >= 11 is 1.86. The summed E-state index contributed by atoms with van der Waals surface area (Å²) in [6.07, 6.45) is 5.80. The molecule has 0 aromatic heterocycles. The van der Waals surface area contributed by atoms with Gasteiger partial charge in [-0.3, -0.25) is 28.6 Å². The number of rotatable bonds is 6. The van der Waals surface area contributed by atoms with Gasteiger partial charge in [0.1, 0.15) is 0 Å². The van der Waals surface area contributed by atoms with Gasteiger partial charge >= 0.3 is 6.18 Å². The lowest BCUT2D eigenvalue weighted by molar-refractivity contribution is -0.742. The van der Waals surface area contributed by atoms with Crippen molar-refractivity contribution in [3.8, 4) is 18.2 Å². The lowest BCUT2D eigenvalue weighted by Gasteiger charge is -1.88. The molecule has 0 aliphatic carbocycles. The maximum Gasteiger partial charge on any atom is 0.386 e. The zero-order valence-corrected chi connectivity index (χ0v) is 36.1. The Labute approximate surface area is 346 Å². The van der Waals surface area contributed by atoms with Gasteiger partial charge < -0.3 is 5.21 Å². The van der Waals surface area contributed by atoms with Crippen molar-refractivity contribution >= 4 is 51.4 Å². The molecule has 2 aromatic carbocycles. The second kappa shape index (κ2) is 73.4. The number of hydroxylamine groups is 1. The van der Waals surface area contributed by atoms with E-state index in [4.69, 9.17) is 57.0 Å². The smallest absolute Gasteiger partial charge is 0.328 e. The molecule has 5 N–H and O–H groups in total. The van der Waals surface area contributed by atoms with Gasteiger partial charge in [-0.1, -0.05) is 46.5 Å². The summed E-state index contributed by atoms with van der Waals surface area (Å²) in [7, 11) is 1.12. The van der Waals surface area contributed by atoms with Crippen LogP contribution in [0.4, 0.5) is 18.9 Å². The number of benzene rings is 2. The number of nitro groups is 2. The van der Waals surface area contributed by atoms with E-state index in [2.05, 4.69) is 23.7 Å². The van der Waals surface area contributed by atoms with Crippen LogP contribution in [-0.4, -0.2) is 102 Å². The van der Waals surface area contributed by atoms with Crippen LogP contribution in [0.2, 0.25) is 0 Å². The molecule has 0 heterocycles. The molecular formula is C27H48F3N7O17S4. The van der Waals surface area contributed by atoms with Crippen molar-refractivity contribution in [2.24, 2.45) is 0 Å². The van der Waals surface area contributed by atoms with Crippen LogP contribution in [0.15, 0.2) is 60.7 Å². The van der Waals surface area contributed by atoms with E-state index in [-0.39, 0.29) is 12.6 Å². The zero-order valence-electron chi connectivity index (χ0n) is 32.8. The van der Waals surface area contributed by atoms with Gasteiger partial charge in [0.05, 0.1) is 28.7 Å². The summed E-state index contributed by atoms with van der Waals surface area (Å²) in [6, 6.07) is 22.6. The van der Waals surface area contributed by atoms with Crippen LogP contribution < -0.4 is 5.48 Å². The van der Waals surface area contributed by atoms with Gasteiger partial charge in [0, 0.05) is 128 Å². The van der Waals surface area contributed by atoms with Crippen molar-refractivity contribution in [3.63, 3.8) is 0 Å². The molecule has 0 radical (unpaired) electrons. The molecule has 31 heteroatoms. The molecular weight excluding hydrogens is 880 g/mol. The highest BCUT2D eigenvalue weighted by Gasteiger charge is 2.15. The lowest BCUT2D eigenvalue weighted by atomic mass is 10.2. The van der Waals surface area contributed by atoms with Crippen molar-refractivity contribution in [2.45, 2.75) is 26.9 Å². The highest BCUT2D eigenvalue weighted by atomic mass is 32.2. The minimum absolute atomic E-state index is 0.137. The molecule has 0 unspecified atom stereocenters. The quantitative estimate of drug-likeness (QED) is 0.0918. The average molecular weight is 928 g/mol. The van der Waals surface area contributed by atoms with Crippen LogP contribution in [-0.2, 0) is 45.3 Å². The van der Waals surface area contributed by atoms with E-state index < -0.39 is 42.7 Å². The number of alkyl halides is 3. The van der Waals surface area contributed by atoms with Crippen molar-refractivity contribution < 1.29 is 81.2 Å². The molecule has 0 fully saturated rings. The van der Waals surface area contributed by atoms with Crippen molar-refractivity contribution in [2.75, 3.05) is 51.6 Å². The summed E-state index contributed by atoms with van der Waals surface area (Å²) in [4.78, 5) is 29.5. The van der Waals surface area contributed by atoms with Crippen LogP contribution in [0.25, 0.3) is 0 Å². The fourth-order valence-corrected chi connectivity index (χ4v) is 1.24. The predicted molar refractivity (Wildman–Crippen MR) is 210 cm³/mol. The number of hydrogen-bond acceptors (Lipinski definition) is 22. The monoisotopic (exact) mass is 927 g/mol. The van der Waals surface area contributed by atoms with Crippen molar-refractivity contribution in [1.29, 1.82) is 15.8 Å². The van der Waals surface area contributed by atoms with E-state index in [1.54, 1.807) is 80.0 Å². The van der Waals surface area contributed by atoms with Crippen LogP contribution in [0.1, 0.15) is 26.3 Å². The second-order valence-corrected chi connectivity index (χ2v) is 11.3. The molecule has 0 spiro atoms. The Morgan fingerprint density at radius 2 is 0.966 bits per heavy atom. The van der Waals surface area contributed by atoms with Gasteiger partial charge in [0.15, 0.2) is 7.05 Å². The van der Waals surface area contributed by atoms with Crippen molar-refractivity contribution in [1.82, 2.24) is 5.48 Å². The number of halogens is 3. The largest absolute Gasteiger partial charge is 0.386 e. The predicted octanol–water partition coefficient (Wildman–Crippen LogP) is 6.30. The Bertz CT molecular complexity index is 1220. The lowest BCUT2D eigenvalue weighted by Crippen LogP contribution is -2.00. The van der Waals surface area contributed by atoms with E-state index in [0.717, 1.165) is 31.1 Å². The Kier molecular flexibility index (Phi) is 98.5. The molecule has 24 nitrogen and oxygen atoms in total. The van der Waals surface area contributed by atoms with Gasteiger partial charge in [0.2, 0.25) is 0 Å². The topological polar surface area (TPSA) is 374 Å². The first-order valence-electron chi connectivity index (χ1n) is 13.5. The molecule has 338 valence electrons. The van der Waals surface area contributed by atoms with Gasteiger partial charge in [-0.05, 0) is 12.1 Å². The summed E-state index contributed by atoms with van der Waals surface area (Å²) in [5.74, 6) is 0. The number of hydrogen-bond donors (Lipinski definition) is 5. The maximum absolute atomic E-state index is 10.4. The van der Waals surface area contributed by atoms with Crippen LogP contribution in [0.5, 0.6) is 0 Å². The molecule has 0 aliphatic rings. The molecule has 0 bridgehead atoms. The first-order valence-corrected chi connectivity index (χ1v) is 19.7. The zero-order chi connectivity index (χ0) is 48.4. The number of nitro benzene ring substituents is 1. The normalized spacial score (nSPS) is 7.79. The fraction of sp³-hybridized carbons (Fsp3) is 0.444.